The molecule has 0 saturated carbocycles. The second-order valence-corrected chi connectivity index (χ2v) is 6.11. The van der Waals surface area contributed by atoms with Crippen LogP contribution in [-0.2, 0) is 11.2 Å². The summed E-state index contributed by atoms with van der Waals surface area (Å²) in [5, 5.41) is 0. The Balaban J connectivity index is 1.87. The van der Waals surface area contributed by atoms with Crippen molar-refractivity contribution in [3.8, 4) is 11.5 Å². The van der Waals surface area contributed by atoms with Crippen LogP contribution in [0.3, 0.4) is 0 Å². The fraction of sp³-hybridized carbons (Fsp3) is 0.538. The van der Waals surface area contributed by atoms with E-state index < -0.39 is 0 Å². The summed E-state index contributed by atoms with van der Waals surface area (Å²) < 4.78 is 17.9. The molecule has 0 amide bonds. The maximum Gasteiger partial charge on any atom is 0.165 e. The van der Waals surface area contributed by atoms with Crippen LogP contribution in [0.5, 0.6) is 11.5 Å². The van der Waals surface area contributed by atoms with Gasteiger partial charge in [-0.2, -0.15) is 0 Å². The lowest BCUT2D eigenvalue weighted by atomic mass is 10.0. The topological polar surface area (TPSA) is 31.0 Å². The van der Waals surface area contributed by atoms with Gasteiger partial charge in [0.25, 0.3) is 0 Å². The molecule has 2 heterocycles. The van der Waals surface area contributed by atoms with Gasteiger partial charge in [0.1, 0.15) is 18.3 Å². The van der Waals surface area contributed by atoms with Crippen molar-refractivity contribution >= 4 is 15.9 Å². The summed E-state index contributed by atoms with van der Waals surface area (Å²) in [7, 11) is 0. The number of halogens is 1. The molecular weight excluding hydrogens is 284 g/mol. The van der Waals surface area contributed by atoms with E-state index in [0.29, 0.717) is 6.61 Å². The van der Waals surface area contributed by atoms with Crippen molar-refractivity contribution in [2.75, 3.05) is 13.2 Å². The van der Waals surface area contributed by atoms with E-state index >= 15 is 0 Å². The van der Waals surface area contributed by atoms with Crippen LogP contribution in [0.25, 0.3) is 0 Å². The fourth-order valence-electron chi connectivity index (χ4n) is 2.10. The second-order valence-electron chi connectivity index (χ2n) is 5.20. The van der Waals surface area contributed by atoms with Crippen LogP contribution >= 0.6 is 15.9 Å². The Morgan fingerprint density at radius 1 is 1.47 bits per heavy atom. The molecule has 92 valence electrons. The summed E-state index contributed by atoms with van der Waals surface area (Å²) in [6, 6.07) is 4.06. The predicted molar refractivity (Wildman–Crippen MR) is 67.8 cm³/mol. The third-order valence-corrected chi connectivity index (χ3v) is 3.38. The largest absolute Gasteiger partial charge is 0.487 e. The van der Waals surface area contributed by atoms with E-state index in [0.717, 1.165) is 29.0 Å². The molecule has 4 heteroatoms. The second kappa shape index (κ2) is 3.89. The number of hydrogen-bond donors (Lipinski definition) is 0. The van der Waals surface area contributed by atoms with Crippen LogP contribution in [-0.4, -0.2) is 24.9 Å². The predicted octanol–water partition coefficient (Wildman–Crippen LogP) is 2.94. The highest BCUT2D eigenvalue weighted by molar-refractivity contribution is 9.10. The molecule has 0 spiro atoms. The number of benzene rings is 1. The van der Waals surface area contributed by atoms with Crippen molar-refractivity contribution in [2.45, 2.75) is 32.0 Å². The normalized spacial score (nSPS) is 24.1. The Hall–Kier alpha value is -0.740. The molecule has 2 aliphatic rings. The highest BCUT2D eigenvalue weighted by atomic mass is 79.9. The maximum absolute atomic E-state index is 5.95. The lowest BCUT2D eigenvalue weighted by molar-refractivity contribution is 0.131. The summed E-state index contributed by atoms with van der Waals surface area (Å²) in [6.07, 6.45) is 1.18. The molecule has 1 aromatic rings. The van der Waals surface area contributed by atoms with Crippen molar-refractivity contribution < 1.29 is 14.2 Å². The molecular formula is C13H15BrO3. The molecule has 1 fully saturated rings. The first-order valence-electron chi connectivity index (χ1n) is 5.79. The Labute approximate surface area is 109 Å². The summed E-state index contributed by atoms with van der Waals surface area (Å²) in [5.74, 6) is 1.70. The summed E-state index contributed by atoms with van der Waals surface area (Å²) >= 11 is 3.51. The van der Waals surface area contributed by atoms with E-state index in [1.807, 2.05) is 6.07 Å². The van der Waals surface area contributed by atoms with Gasteiger partial charge in [-0.3, -0.25) is 0 Å². The van der Waals surface area contributed by atoms with Gasteiger partial charge in [0.05, 0.1) is 6.61 Å². The zero-order valence-corrected chi connectivity index (χ0v) is 11.5. The quantitative estimate of drug-likeness (QED) is 0.804. The minimum Gasteiger partial charge on any atom is -0.487 e. The van der Waals surface area contributed by atoms with Crippen LogP contribution in [0.4, 0.5) is 0 Å². The van der Waals surface area contributed by atoms with Gasteiger partial charge < -0.3 is 14.2 Å². The minimum atomic E-state index is -0.142. The highest BCUT2D eigenvalue weighted by Crippen LogP contribution is 2.44. The lowest BCUT2D eigenvalue weighted by Gasteiger charge is -2.18. The van der Waals surface area contributed by atoms with Gasteiger partial charge >= 0.3 is 0 Å². The highest BCUT2D eigenvalue weighted by Gasteiger charge is 2.33. The minimum absolute atomic E-state index is 0.142. The van der Waals surface area contributed by atoms with E-state index in [1.165, 1.54) is 5.56 Å². The van der Waals surface area contributed by atoms with E-state index in [2.05, 4.69) is 35.8 Å². The number of fused-ring (bicyclic) bond motifs is 1. The first-order chi connectivity index (χ1) is 8.03. The van der Waals surface area contributed by atoms with Gasteiger partial charge in [-0.1, -0.05) is 15.9 Å². The van der Waals surface area contributed by atoms with E-state index in [-0.39, 0.29) is 11.7 Å². The molecule has 0 aliphatic carbocycles. The summed E-state index contributed by atoms with van der Waals surface area (Å²) in [4.78, 5) is 0. The van der Waals surface area contributed by atoms with Crippen molar-refractivity contribution in [3.63, 3.8) is 0 Å². The summed E-state index contributed by atoms with van der Waals surface area (Å²) in [5.41, 5.74) is 1.06. The van der Waals surface area contributed by atoms with Gasteiger partial charge in [0.15, 0.2) is 11.5 Å². The molecule has 1 unspecified atom stereocenters. The Morgan fingerprint density at radius 2 is 2.24 bits per heavy atom. The monoisotopic (exact) mass is 298 g/mol. The Kier molecular flexibility index (Phi) is 2.60. The van der Waals surface area contributed by atoms with Gasteiger partial charge in [0, 0.05) is 16.5 Å². The molecule has 0 aromatic heterocycles. The molecule has 0 bridgehead atoms. The van der Waals surface area contributed by atoms with Crippen LogP contribution in [0.15, 0.2) is 16.6 Å². The smallest absolute Gasteiger partial charge is 0.165 e. The van der Waals surface area contributed by atoms with Crippen molar-refractivity contribution in [1.29, 1.82) is 0 Å². The fourth-order valence-corrected chi connectivity index (χ4v) is 2.58. The van der Waals surface area contributed by atoms with Crippen LogP contribution in [0.1, 0.15) is 19.4 Å². The standard InChI is InChI=1S/C13H15BrO3/c1-13(2)5-8-3-9(14)4-11(12(8)17-13)16-7-10-6-15-10/h3-4,10H,5-7H2,1-2H3. The maximum atomic E-state index is 5.95. The molecule has 3 nitrogen and oxygen atoms in total. The number of hydrogen-bond acceptors (Lipinski definition) is 3. The van der Waals surface area contributed by atoms with Crippen LogP contribution in [0, 0.1) is 0 Å². The first kappa shape index (κ1) is 11.4. The van der Waals surface area contributed by atoms with Crippen LogP contribution in [0.2, 0.25) is 0 Å². The molecule has 17 heavy (non-hydrogen) atoms. The molecule has 0 N–H and O–H groups in total. The van der Waals surface area contributed by atoms with Crippen molar-refractivity contribution in [3.05, 3.63) is 22.2 Å². The molecule has 0 radical (unpaired) electrons. The van der Waals surface area contributed by atoms with E-state index in [9.17, 15) is 0 Å². The third kappa shape index (κ3) is 2.43. The van der Waals surface area contributed by atoms with Gasteiger partial charge in [-0.05, 0) is 26.0 Å². The third-order valence-electron chi connectivity index (χ3n) is 2.92. The average Bonchev–Trinajstić information content (AvgIpc) is 2.97. The Bertz CT molecular complexity index is 452. The zero-order valence-electron chi connectivity index (χ0n) is 9.96. The zero-order chi connectivity index (χ0) is 12.0. The van der Waals surface area contributed by atoms with Crippen molar-refractivity contribution in [1.82, 2.24) is 0 Å². The first-order valence-corrected chi connectivity index (χ1v) is 6.59. The van der Waals surface area contributed by atoms with Crippen LogP contribution < -0.4 is 9.47 Å². The molecule has 1 aromatic carbocycles. The average molecular weight is 299 g/mol. The molecule has 1 saturated heterocycles. The van der Waals surface area contributed by atoms with Crippen molar-refractivity contribution in [2.24, 2.45) is 0 Å². The van der Waals surface area contributed by atoms with Gasteiger partial charge in [0.2, 0.25) is 0 Å². The SMILES string of the molecule is CC1(C)Cc2cc(Br)cc(OCC3CO3)c2O1. The van der Waals surface area contributed by atoms with Gasteiger partial charge in [-0.15, -0.1) is 0 Å². The van der Waals surface area contributed by atoms with E-state index in [4.69, 9.17) is 14.2 Å². The van der Waals surface area contributed by atoms with Gasteiger partial charge in [-0.25, -0.2) is 0 Å². The molecule has 2 aliphatic heterocycles. The molecule has 3 rings (SSSR count). The lowest BCUT2D eigenvalue weighted by Crippen LogP contribution is -2.24. The Morgan fingerprint density at radius 3 is 2.94 bits per heavy atom. The summed E-state index contributed by atoms with van der Waals surface area (Å²) in [6.45, 7) is 5.60. The number of epoxide rings is 1. The number of ether oxygens (including phenoxy) is 3. The number of rotatable bonds is 3. The molecule has 1 atom stereocenters. The van der Waals surface area contributed by atoms with E-state index in [1.54, 1.807) is 0 Å².